The summed E-state index contributed by atoms with van der Waals surface area (Å²) in [5, 5.41) is 3.50. The molecule has 0 atom stereocenters. The first kappa shape index (κ1) is 15.0. The zero-order valence-corrected chi connectivity index (χ0v) is 11.8. The molecule has 0 saturated carbocycles. The second kappa shape index (κ2) is 6.74. The average Bonchev–Trinajstić information content (AvgIpc) is 2.42. The Hall–Kier alpha value is -1.09. The van der Waals surface area contributed by atoms with Gasteiger partial charge in [0, 0.05) is 17.6 Å². The molecule has 18 heavy (non-hydrogen) atoms. The van der Waals surface area contributed by atoms with Crippen molar-refractivity contribution in [3.63, 3.8) is 0 Å². The molecule has 0 aliphatic rings. The van der Waals surface area contributed by atoms with Crippen LogP contribution in [0.25, 0.3) is 0 Å². The molecule has 0 aliphatic heterocycles. The van der Waals surface area contributed by atoms with Crippen molar-refractivity contribution in [1.82, 2.24) is 5.32 Å². The van der Waals surface area contributed by atoms with Crippen molar-refractivity contribution in [2.24, 2.45) is 0 Å². The number of methoxy groups -OCH3 is 1. The van der Waals surface area contributed by atoms with Crippen LogP contribution in [0.5, 0.6) is 5.75 Å². The minimum Gasteiger partial charge on any atom is -0.494 e. The van der Waals surface area contributed by atoms with Crippen molar-refractivity contribution in [1.29, 1.82) is 0 Å². The molecule has 0 aliphatic carbocycles. The Morgan fingerprint density at radius 3 is 2.28 bits per heavy atom. The van der Waals surface area contributed by atoms with E-state index in [2.05, 4.69) is 26.1 Å². The Morgan fingerprint density at radius 2 is 1.78 bits per heavy atom. The summed E-state index contributed by atoms with van der Waals surface area (Å²) in [6.07, 6.45) is 3.14. The van der Waals surface area contributed by atoms with E-state index in [0.717, 1.165) is 19.3 Å². The normalized spacial score (nSPS) is 11.6. The summed E-state index contributed by atoms with van der Waals surface area (Å²) in [4.78, 5) is 0. The van der Waals surface area contributed by atoms with Crippen LogP contribution < -0.4 is 10.1 Å². The lowest BCUT2D eigenvalue weighted by molar-refractivity contribution is 0.285. The van der Waals surface area contributed by atoms with Gasteiger partial charge < -0.3 is 10.1 Å². The number of halogens is 1. The SMILES string of the molecule is CCC(CC)(CC)NCc1cccc(OC)c1F. The molecule has 1 rings (SSSR count). The molecule has 0 saturated heterocycles. The van der Waals surface area contributed by atoms with Gasteiger partial charge in [0.25, 0.3) is 0 Å². The van der Waals surface area contributed by atoms with Crippen LogP contribution in [0.15, 0.2) is 18.2 Å². The molecule has 0 spiro atoms. The molecule has 2 nitrogen and oxygen atoms in total. The van der Waals surface area contributed by atoms with Gasteiger partial charge in [0.15, 0.2) is 11.6 Å². The molecule has 1 N–H and O–H groups in total. The number of nitrogens with one attached hydrogen (secondary N) is 1. The highest BCUT2D eigenvalue weighted by molar-refractivity contribution is 5.31. The van der Waals surface area contributed by atoms with Crippen molar-refractivity contribution in [2.45, 2.75) is 52.1 Å². The first-order chi connectivity index (χ1) is 8.62. The Bertz CT molecular complexity index is 366. The summed E-state index contributed by atoms with van der Waals surface area (Å²) < 4.78 is 19.0. The fourth-order valence-electron chi connectivity index (χ4n) is 2.26. The molecular weight excluding hydrogens is 229 g/mol. The molecule has 0 unspecified atom stereocenters. The molecule has 0 heterocycles. The topological polar surface area (TPSA) is 21.3 Å². The Labute approximate surface area is 110 Å². The van der Waals surface area contributed by atoms with Crippen LogP contribution in [0.4, 0.5) is 4.39 Å². The van der Waals surface area contributed by atoms with Gasteiger partial charge in [-0.05, 0) is 25.3 Å². The van der Waals surface area contributed by atoms with E-state index in [4.69, 9.17) is 4.74 Å². The first-order valence-electron chi connectivity index (χ1n) is 6.68. The van der Waals surface area contributed by atoms with Crippen LogP contribution in [0.2, 0.25) is 0 Å². The Morgan fingerprint density at radius 1 is 1.17 bits per heavy atom. The largest absolute Gasteiger partial charge is 0.494 e. The smallest absolute Gasteiger partial charge is 0.169 e. The van der Waals surface area contributed by atoms with Crippen LogP contribution in [0.1, 0.15) is 45.6 Å². The highest BCUT2D eigenvalue weighted by Crippen LogP contribution is 2.23. The van der Waals surface area contributed by atoms with Gasteiger partial charge in [-0.1, -0.05) is 32.9 Å². The molecule has 3 heteroatoms. The first-order valence-corrected chi connectivity index (χ1v) is 6.68. The van der Waals surface area contributed by atoms with Gasteiger partial charge >= 0.3 is 0 Å². The third kappa shape index (κ3) is 3.22. The Kier molecular flexibility index (Phi) is 5.60. The quantitative estimate of drug-likeness (QED) is 0.796. The fraction of sp³-hybridized carbons (Fsp3) is 0.600. The van der Waals surface area contributed by atoms with Crippen LogP contribution in [-0.4, -0.2) is 12.6 Å². The fourth-order valence-corrected chi connectivity index (χ4v) is 2.26. The zero-order valence-electron chi connectivity index (χ0n) is 11.8. The van der Waals surface area contributed by atoms with Gasteiger partial charge in [0.05, 0.1) is 7.11 Å². The molecule has 1 aromatic carbocycles. The van der Waals surface area contributed by atoms with Crippen LogP contribution in [-0.2, 0) is 6.54 Å². The standard InChI is InChI=1S/C15H24FNO/c1-5-15(6-2,7-3)17-11-12-9-8-10-13(18-4)14(12)16/h8-10,17H,5-7,11H2,1-4H3. The maximum Gasteiger partial charge on any atom is 0.169 e. The van der Waals surface area contributed by atoms with Crippen molar-refractivity contribution in [3.05, 3.63) is 29.6 Å². The minimum atomic E-state index is -0.260. The number of rotatable bonds is 7. The van der Waals surface area contributed by atoms with Crippen molar-refractivity contribution in [3.8, 4) is 5.75 Å². The highest BCUT2D eigenvalue weighted by Gasteiger charge is 2.23. The van der Waals surface area contributed by atoms with E-state index >= 15 is 0 Å². The zero-order chi connectivity index (χ0) is 13.6. The van der Waals surface area contributed by atoms with E-state index in [-0.39, 0.29) is 11.4 Å². The summed E-state index contributed by atoms with van der Waals surface area (Å²) in [6, 6.07) is 5.27. The predicted molar refractivity (Wildman–Crippen MR) is 73.4 cm³/mol. The van der Waals surface area contributed by atoms with E-state index in [1.54, 1.807) is 12.1 Å². The summed E-state index contributed by atoms with van der Waals surface area (Å²) in [5.41, 5.74) is 0.768. The van der Waals surface area contributed by atoms with Gasteiger partial charge in [0.1, 0.15) is 0 Å². The average molecular weight is 253 g/mol. The van der Waals surface area contributed by atoms with E-state index in [0.29, 0.717) is 17.9 Å². The summed E-state index contributed by atoms with van der Waals surface area (Å²) in [5.74, 6) is 0.0501. The van der Waals surface area contributed by atoms with Crippen LogP contribution >= 0.6 is 0 Å². The summed E-state index contributed by atoms with van der Waals surface area (Å²) >= 11 is 0. The second-order valence-corrected chi connectivity index (χ2v) is 4.63. The number of benzene rings is 1. The molecule has 102 valence electrons. The molecule has 0 aromatic heterocycles. The number of hydrogen-bond donors (Lipinski definition) is 1. The van der Waals surface area contributed by atoms with Crippen LogP contribution in [0, 0.1) is 5.82 Å². The van der Waals surface area contributed by atoms with E-state index in [1.165, 1.54) is 7.11 Å². The summed E-state index contributed by atoms with van der Waals surface area (Å²) in [7, 11) is 1.49. The molecule has 0 amide bonds. The molecule has 0 radical (unpaired) electrons. The maximum absolute atomic E-state index is 14.0. The molecule has 0 bridgehead atoms. The van der Waals surface area contributed by atoms with Gasteiger partial charge in [-0.25, -0.2) is 4.39 Å². The van der Waals surface area contributed by atoms with Crippen molar-refractivity contribution >= 4 is 0 Å². The predicted octanol–water partition coefficient (Wildman–Crippen LogP) is 3.89. The third-order valence-electron chi connectivity index (χ3n) is 3.95. The molecule has 1 aromatic rings. The Balaban J connectivity index is 2.79. The van der Waals surface area contributed by atoms with E-state index in [1.807, 2.05) is 6.07 Å². The van der Waals surface area contributed by atoms with Gasteiger partial charge in [-0.2, -0.15) is 0 Å². The maximum atomic E-state index is 14.0. The van der Waals surface area contributed by atoms with Crippen molar-refractivity contribution in [2.75, 3.05) is 7.11 Å². The lowest BCUT2D eigenvalue weighted by atomic mass is 9.89. The van der Waals surface area contributed by atoms with E-state index < -0.39 is 0 Å². The minimum absolute atomic E-state index is 0.107. The summed E-state index contributed by atoms with van der Waals surface area (Å²) in [6.45, 7) is 7.05. The monoisotopic (exact) mass is 253 g/mol. The van der Waals surface area contributed by atoms with Crippen molar-refractivity contribution < 1.29 is 9.13 Å². The van der Waals surface area contributed by atoms with E-state index in [9.17, 15) is 4.39 Å². The molecule has 0 fully saturated rings. The van der Waals surface area contributed by atoms with Gasteiger partial charge in [-0.15, -0.1) is 0 Å². The molecular formula is C15H24FNO. The third-order valence-corrected chi connectivity index (χ3v) is 3.95. The number of hydrogen-bond acceptors (Lipinski definition) is 2. The highest BCUT2D eigenvalue weighted by atomic mass is 19.1. The van der Waals surface area contributed by atoms with Gasteiger partial charge in [0.2, 0.25) is 0 Å². The lowest BCUT2D eigenvalue weighted by Crippen LogP contribution is -2.43. The number of ether oxygens (including phenoxy) is 1. The van der Waals surface area contributed by atoms with Gasteiger partial charge in [-0.3, -0.25) is 0 Å². The van der Waals surface area contributed by atoms with Crippen LogP contribution in [0.3, 0.4) is 0 Å². The second-order valence-electron chi connectivity index (χ2n) is 4.63. The lowest BCUT2D eigenvalue weighted by Gasteiger charge is -2.32.